The summed E-state index contributed by atoms with van der Waals surface area (Å²) in [5, 5.41) is 0. The van der Waals surface area contributed by atoms with Crippen molar-refractivity contribution in [3.63, 3.8) is 0 Å². The van der Waals surface area contributed by atoms with E-state index in [2.05, 4.69) is 0 Å². The van der Waals surface area contributed by atoms with Gasteiger partial charge in [-0.15, -0.1) is 0 Å². The summed E-state index contributed by atoms with van der Waals surface area (Å²) in [5.41, 5.74) is 0. The first-order valence-corrected chi connectivity index (χ1v) is 0. The summed E-state index contributed by atoms with van der Waals surface area (Å²) in [6, 6.07) is 0. The molecule has 0 rings (SSSR count). The number of hydrogen-bond donors (Lipinski definition) is 0. The molecule has 4 heavy (non-hydrogen) atoms. The fourth-order valence-corrected chi connectivity index (χ4v) is 0. The van der Waals surface area contributed by atoms with Crippen LogP contribution in [0.1, 0.15) is 0 Å². The molecular formula is CeCuSiZn. The second-order valence-corrected chi connectivity index (χ2v) is 0. The van der Waals surface area contributed by atoms with Gasteiger partial charge in [-0.3, -0.25) is 0 Å². The zero-order valence-electron chi connectivity index (χ0n) is 2.01. The Bertz CT molecular complexity index is 8.00. The first-order valence-electron chi connectivity index (χ1n) is 0. The van der Waals surface area contributed by atoms with Crippen LogP contribution in [0.15, 0.2) is 0 Å². The van der Waals surface area contributed by atoms with Crippen molar-refractivity contribution in [3.8, 4) is 0 Å². The van der Waals surface area contributed by atoms with Gasteiger partial charge in [-0.25, -0.2) is 0 Å². The molecule has 0 bridgehead atoms. The third kappa shape index (κ3) is 8.83. The van der Waals surface area contributed by atoms with E-state index in [0.717, 1.165) is 0 Å². The monoisotopic (exact) mass is 295 g/mol. The second kappa shape index (κ2) is 17.2. The molecule has 4 heteroatoms. The maximum absolute atomic E-state index is 0. The van der Waals surface area contributed by atoms with Gasteiger partial charge in [0.1, 0.15) is 0 Å². The van der Waals surface area contributed by atoms with Crippen LogP contribution in [0.4, 0.5) is 0 Å². The van der Waals surface area contributed by atoms with Crippen LogP contribution in [0.2, 0.25) is 0 Å². The van der Waals surface area contributed by atoms with Crippen LogP contribution in [-0.4, -0.2) is 11.0 Å². The van der Waals surface area contributed by atoms with Crippen molar-refractivity contribution in [2.45, 2.75) is 0 Å². The van der Waals surface area contributed by atoms with E-state index in [9.17, 15) is 0 Å². The Kier molecular flexibility index (Phi) is 127. The van der Waals surface area contributed by atoms with Crippen LogP contribution in [0.3, 0.4) is 0 Å². The molecule has 0 fully saturated rings. The van der Waals surface area contributed by atoms with E-state index in [4.69, 9.17) is 0 Å². The Balaban J connectivity index is 0. The maximum atomic E-state index is 0. The van der Waals surface area contributed by atoms with Gasteiger partial charge in [0.15, 0.2) is 0 Å². The van der Waals surface area contributed by atoms with Crippen LogP contribution >= 0.6 is 0 Å². The first-order chi connectivity index (χ1) is 0. The number of hydrogen-bond acceptors (Lipinski definition) is 0. The molecule has 0 aliphatic carbocycles. The third-order valence-electron chi connectivity index (χ3n) is 0. The fraction of sp³-hybridized carbons (Fsp3) is 0. The van der Waals surface area contributed by atoms with Crippen molar-refractivity contribution in [2.24, 2.45) is 0 Å². The van der Waals surface area contributed by atoms with Gasteiger partial charge in [-0.2, -0.15) is 0 Å². The van der Waals surface area contributed by atoms with Gasteiger partial charge in [0.2, 0.25) is 0 Å². The van der Waals surface area contributed by atoms with Gasteiger partial charge in [0.25, 0.3) is 0 Å². The molecule has 5 radical (unpaired) electrons. The summed E-state index contributed by atoms with van der Waals surface area (Å²) in [5.74, 6) is 0. The van der Waals surface area contributed by atoms with Crippen LogP contribution in [-0.2, 0) is 36.5 Å². The van der Waals surface area contributed by atoms with E-state index < -0.39 is 0 Å². The molecule has 0 heterocycles. The minimum Gasteiger partial charge on any atom is 0 e. The van der Waals surface area contributed by atoms with Gasteiger partial charge in [0.05, 0.1) is 0 Å². The molecule has 21 valence electrons. The van der Waals surface area contributed by atoms with Gasteiger partial charge in [-0.1, -0.05) is 0 Å². The molecule has 0 aromatic heterocycles. The zero-order valence-corrected chi connectivity index (χ0v) is 10.1. The Hall–Kier alpha value is 2.74. The zero-order chi connectivity index (χ0) is 0. The smallest absolute Gasteiger partial charge is 0 e. The van der Waals surface area contributed by atoms with E-state index in [1.807, 2.05) is 0 Å². The largest absolute Gasteiger partial charge is 0 e. The van der Waals surface area contributed by atoms with E-state index in [1.165, 1.54) is 0 Å². The van der Waals surface area contributed by atoms with E-state index >= 15 is 0 Å². The summed E-state index contributed by atoms with van der Waals surface area (Å²) >= 11 is 0. The van der Waals surface area contributed by atoms with Gasteiger partial charge in [-0.05, 0) is 0 Å². The van der Waals surface area contributed by atoms with Gasteiger partial charge < -0.3 is 0 Å². The first kappa shape index (κ1) is 29.6. The van der Waals surface area contributed by atoms with Crippen molar-refractivity contribution >= 4 is 11.0 Å². The molecule has 0 aliphatic rings. The van der Waals surface area contributed by atoms with E-state index in [1.54, 1.807) is 0 Å². The van der Waals surface area contributed by atoms with Crippen LogP contribution < -0.4 is 0 Å². The molecule has 0 aliphatic heterocycles. The normalized spacial score (nSPS) is 0. The van der Waals surface area contributed by atoms with E-state index in [0.29, 0.717) is 0 Å². The van der Waals surface area contributed by atoms with Crippen LogP contribution in [0.5, 0.6) is 0 Å². The predicted molar refractivity (Wildman–Crippen MR) is 5.75 cm³/mol. The average Bonchev–Trinajstić information content (AvgIpc) is 0. The summed E-state index contributed by atoms with van der Waals surface area (Å²) in [7, 11) is 0. The summed E-state index contributed by atoms with van der Waals surface area (Å²) in [6.45, 7) is 0. The van der Waals surface area contributed by atoms with Gasteiger partial charge >= 0.3 is 0 Å². The molecule has 0 atom stereocenters. The van der Waals surface area contributed by atoms with Crippen molar-refractivity contribution < 1.29 is 78.3 Å². The molecule has 0 aromatic carbocycles. The quantitative estimate of drug-likeness (QED) is 0.535. The summed E-state index contributed by atoms with van der Waals surface area (Å²) in [4.78, 5) is 0. The molecule has 0 amide bonds. The molecule has 0 saturated heterocycles. The Labute approximate surface area is 87.5 Å². The fourth-order valence-electron chi connectivity index (χ4n) is 0. The topological polar surface area (TPSA) is 0 Å². The standard InChI is InChI=1S/Ce.Cu.Si.Zn. The molecule has 0 saturated carbocycles. The molecule has 0 N–H and O–H groups in total. The number of rotatable bonds is 0. The van der Waals surface area contributed by atoms with Crippen LogP contribution in [0, 0.1) is 41.7 Å². The van der Waals surface area contributed by atoms with Crippen LogP contribution in [0.25, 0.3) is 0 Å². The Morgan fingerprint density at radius 3 is 1.00 bits per heavy atom. The Morgan fingerprint density at radius 2 is 1.00 bits per heavy atom. The minimum atomic E-state index is 0. The van der Waals surface area contributed by atoms with E-state index in [-0.39, 0.29) is 89.3 Å². The van der Waals surface area contributed by atoms with Gasteiger partial charge in [0, 0.05) is 89.3 Å². The summed E-state index contributed by atoms with van der Waals surface area (Å²) in [6.07, 6.45) is 0. The minimum absolute atomic E-state index is 0. The van der Waals surface area contributed by atoms with Crippen molar-refractivity contribution in [1.29, 1.82) is 0 Å². The van der Waals surface area contributed by atoms with Crippen molar-refractivity contribution in [3.05, 3.63) is 0 Å². The molecular weight excluding hydrogens is 297 g/mol. The molecule has 0 spiro atoms. The second-order valence-electron chi connectivity index (χ2n) is 0. The average molecular weight is 297 g/mol. The van der Waals surface area contributed by atoms with Crippen molar-refractivity contribution in [1.82, 2.24) is 0 Å². The maximum Gasteiger partial charge on any atom is 0 e. The third-order valence-corrected chi connectivity index (χ3v) is 0. The molecule has 0 nitrogen and oxygen atoms in total. The predicted octanol–water partition coefficient (Wildman–Crippen LogP) is -0.386. The Morgan fingerprint density at radius 1 is 1.00 bits per heavy atom. The molecule has 0 unspecified atom stereocenters. The SMILES string of the molecule is [Ce].[Cu].[Si].[Zn]. The van der Waals surface area contributed by atoms with Crippen molar-refractivity contribution in [2.75, 3.05) is 0 Å². The summed E-state index contributed by atoms with van der Waals surface area (Å²) < 4.78 is 0. The molecule has 0 aromatic rings.